The molecule has 0 N–H and O–H groups in total. The van der Waals surface area contributed by atoms with E-state index in [9.17, 15) is 14.4 Å². The summed E-state index contributed by atoms with van der Waals surface area (Å²) in [5.74, 6) is -0.609. The van der Waals surface area contributed by atoms with Gasteiger partial charge >= 0.3 is 0 Å². The number of hydrogen-bond donors (Lipinski definition) is 0. The standard InChI is InChI=1S/C18H13BrClNO4/c1-25-15-7-6-10(8-14(15)20)16(22)13(19)9-21-17(23)11-4-2-3-5-12(11)18(21)24/h2-8,13H,9H2,1H3/t13-/m0/s1. The van der Waals surface area contributed by atoms with E-state index in [-0.39, 0.29) is 12.3 Å². The second-order valence-electron chi connectivity index (χ2n) is 5.45. The molecule has 0 radical (unpaired) electrons. The number of carbonyl (C=O) groups is 3. The molecule has 1 aliphatic rings. The molecular formula is C18H13BrClNO4. The van der Waals surface area contributed by atoms with E-state index in [1.165, 1.54) is 13.2 Å². The predicted octanol–water partition coefficient (Wildman–Crippen LogP) is 3.59. The molecule has 0 unspecified atom stereocenters. The van der Waals surface area contributed by atoms with E-state index in [2.05, 4.69) is 15.9 Å². The SMILES string of the molecule is COc1ccc(C(=O)[C@@H](Br)CN2C(=O)c3ccccc3C2=O)cc1Cl. The number of hydrogen-bond acceptors (Lipinski definition) is 4. The number of alkyl halides is 1. The summed E-state index contributed by atoms with van der Waals surface area (Å²) < 4.78 is 5.06. The Kier molecular flexibility index (Phi) is 4.92. The maximum atomic E-state index is 12.6. The number of carbonyl (C=O) groups excluding carboxylic acids is 3. The van der Waals surface area contributed by atoms with Gasteiger partial charge in [0.25, 0.3) is 11.8 Å². The highest BCUT2D eigenvalue weighted by atomic mass is 79.9. The Morgan fingerprint density at radius 3 is 2.28 bits per heavy atom. The molecule has 2 aromatic rings. The molecule has 0 fully saturated rings. The third-order valence-corrected chi connectivity index (χ3v) is 4.94. The number of halogens is 2. The van der Waals surface area contributed by atoms with Crippen LogP contribution in [0, 0.1) is 0 Å². The number of nitrogens with zero attached hydrogens (tertiary/aromatic N) is 1. The lowest BCUT2D eigenvalue weighted by Crippen LogP contribution is -2.37. The summed E-state index contributed by atoms with van der Waals surface area (Å²) in [6.45, 7) is -0.0607. The topological polar surface area (TPSA) is 63.7 Å². The van der Waals surface area contributed by atoms with E-state index >= 15 is 0 Å². The second-order valence-corrected chi connectivity index (χ2v) is 6.96. The first-order chi connectivity index (χ1) is 11.9. The van der Waals surface area contributed by atoms with Gasteiger partial charge in [-0.05, 0) is 30.3 Å². The Morgan fingerprint density at radius 1 is 1.16 bits per heavy atom. The van der Waals surface area contributed by atoms with Gasteiger partial charge in [0, 0.05) is 12.1 Å². The van der Waals surface area contributed by atoms with Gasteiger partial charge in [0.2, 0.25) is 0 Å². The predicted molar refractivity (Wildman–Crippen MR) is 96.9 cm³/mol. The van der Waals surface area contributed by atoms with E-state index in [0.717, 1.165) is 4.90 Å². The number of rotatable bonds is 5. The van der Waals surface area contributed by atoms with Gasteiger partial charge in [-0.15, -0.1) is 0 Å². The van der Waals surface area contributed by atoms with Crippen molar-refractivity contribution in [2.75, 3.05) is 13.7 Å². The van der Waals surface area contributed by atoms with Crippen molar-refractivity contribution in [2.24, 2.45) is 0 Å². The van der Waals surface area contributed by atoms with Crippen LogP contribution in [-0.2, 0) is 0 Å². The monoisotopic (exact) mass is 421 g/mol. The lowest BCUT2D eigenvalue weighted by atomic mass is 10.1. The minimum Gasteiger partial charge on any atom is -0.495 e. The van der Waals surface area contributed by atoms with Gasteiger partial charge in [-0.3, -0.25) is 19.3 Å². The van der Waals surface area contributed by atoms with Crippen LogP contribution in [0.5, 0.6) is 5.75 Å². The zero-order valence-corrected chi connectivity index (χ0v) is 15.5. The van der Waals surface area contributed by atoms with Gasteiger partial charge in [-0.25, -0.2) is 0 Å². The summed E-state index contributed by atoms with van der Waals surface area (Å²) in [4.78, 5) is 37.7. The van der Waals surface area contributed by atoms with Gasteiger partial charge in [-0.1, -0.05) is 39.7 Å². The lowest BCUT2D eigenvalue weighted by molar-refractivity contribution is 0.0653. The van der Waals surface area contributed by atoms with Gasteiger partial charge in [0.15, 0.2) is 5.78 Å². The average molecular weight is 423 g/mol. The van der Waals surface area contributed by atoms with Crippen molar-refractivity contribution in [3.63, 3.8) is 0 Å². The van der Waals surface area contributed by atoms with E-state index in [0.29, 0.717) is 27.5 Å². The molecule has 0 aliphatic carbocycles. The van der Waals surface area contributed by atoms with Crippen molar-refractivity contribution < 1.29 is 19.1 Å². The summed E-state index contributed by atoms with van der Waals surface area (Å²) in [6.07, 6.45) is 0. The first-order valence-electron chi connectivity index (χ1n) is 7.41. The Balaban J connectivity index is 1.78. The molecular weight excluding hydrogens is 410 g/mol. The number of ketones is 1. The largest absolute Gasteiger partial charge is 0.495 e. The van der Waals surface area contributed by atoms with Crippen molar-refractivity contribution in [2.45, 2.75) is 4.83 Å². The fourth-order valence-electron chi connectivity index (χ4n) is 2.65. The van der Waals surface area contributed by atoms with Gasteiger partial charge < -0.3 is 4.74 Å². The lowest BCUT2D eigenvalue weighted by Gasteiger charge is -2.17. The molecule has 0 spiro atoms. The fraction of sp³-hybridized carbons (Fsp3) is 0.167. The Morgan fingerprint density at radius 2 is 1.76 bits per heavy atom. The average Bonchev–Trinajstić information content (AvgIpc) is 2.86. The van der Waals surface area contributed by atoms with Gasteiger partial charge in [0.1, 0.15) is 5.75 Å². The van der Waals surface area contributed by atoms with Crippen LogP contribution in [0.15, 0.2) is 42.5 Å². The molecule has 2 aromatic carbocycles. The van der Waals surface area contributed by atoms with Crippen LogP contribution in [0.2, 0.25) is 5.02 Å². The molecule has 1 atom stereocenters. The molecule has 25 heavy (non-hydrogen) atoms. The molecule has 7 heteroatoms. The molecule has 0 aromatic heterocycles. The fourth-order valence-corrected chi connectivity index (χ4v) is 3.46. The van der Waals surface area contributed by atoms with Crippen LogP contribution in [0.4, 0.5) is 0 Å². The molecule has 1 heterocycles. The molecule has 2 amide bonds. The van der Waals surface area contributed by atoms with Crippen LogP contribution < -0.4 is 4.74 Å². The van der Waals surface area contributed by atoms with Crippen LogP contribution in [0.3, 0.4) is 0 Å². The highest BCUT2D eigenvalue weighted by Crippen LogP contribution is 2.27. The second kappa shape index (κ2) is 6.98. The van der Waals surface area contributed by atoms with E-state index in [1.54, 1.807) is 36.4 Å². The van der Waals surface area contributed by atoms with Crippen LogP contribution >= 0.6 is 27.5 Å². The number of amides is 2. The molecule has 128 valence electrons. The van der Waals surface area contributed by atoms with Crippen LogP contribution in [-0.4, -0.2) is 41.0 Å². The third-order valence-electron chi connectivity index (χ3n) is 3.94. The normalized spacial score (nSPS) is 14.4. The zero-order valence-electron chi connectivity index (χ0n) is 13.2. The van der Waals surface area contributed by atoms with Crippen molar-refractivity contribution >= 4 is 45.1 Å². The van der Waals surface area contributed by atoms with Crippen molar-refractivity contribution in [3.8, 4) is 5.75 Å². The van der Waals surface area contributed by atoms with Gasteiger partial charge in [-0.2, -0.15) is 0 Å². The molecule has 0 saturated heterocycles. The highest BCUT2D eigenvalue weighted by molar-refractivity contribution is 9.10. The molecule has 0 bridgehead atoms. The Labute approximate surface area is 157 Å². The van der Waals surface area contributed by atoms with E-state index < -0.39 is 16.6 Å². The number of fused-ring (bicyclic) bond motifs is 1. The summed E-state index contributed by atoms with van der Waals surface area (Å²) in [5.41, 5.74) is 1.07. The third kappa shape index (κ3) is 3.19. The minimum atomic E-state index is -0.737. The maximum Gasteiger partial charge on any atom is 0.261 e. The molecule has 0 saturated carbocycles. The first kappa shape index (κ1) is 17.6. The number of methoxy groups -OCH3 is 1. The maximum absolute atomic E-state index is 12.6. The van der Waals surface area contributed by atoms with Gasteiger partial charge in [0.05, 0.1) is 28.1 Å². The van der Waals surface area contributed by atoms with Crippen LogP contribution in [0.1, 0.15) is 31.1 Å². The summed E-state index contributed by atoms with van der Waals surface area (Å²) in [6, 6.07) is 11.3. The summed E-state index contributed by atoms with van der Waals surface area (Å²) in [5, 5.41) is 0.314. The van der Waals surface area contributed by atoms with Crippen LogP contribution in [0.25, 0.3) is 0 Å². The summed E-state index contributed by atoms with van der Waals surface area (Å²) >= 11 is 9.32. The molecule has 3 rings (SSSR count). The van der Waals surface area contributed by atoms with Crippen molar-refractivity contribution in [1.82, 2.24) is 4.90 Å². The number of Topliss-reactive ketones (excluding diaryl/α,β-unsaturated/α-hetero) is 1. The van der Waals surface area contributed by atoms with Crippen molar-refractivity contribution in [3.05, 3.63) is 64.2 Å². The smallest absolute Gasteiger partial charge is 0.261 e. The molecule has 1 aliphatic heterocycles. The van der Waals surface area contributed by atoms with Crippen molar-refractivity contribution in [1.29, 1.82) is 0 Å². The Bertz CT molecular complexity index is 848. The quantitative estimate of drug-likeness (QED) is 0.420. The Hall–Kier alpha value is -2.18. The molecule has 5 nitrogen and oxygen atoms in total. The first-order valence-corrected chi connectivity index (χ1v) is 8.70. The summed E-state index contributed by atoms with van der Waals surface area (Å²) in [7, 11) is 1.48. The zero-order chi connectivity index (χ0) is 18.1. The highest BCUT2D eigenvalue weighted by Gasteiger charge is 2.37. The van der Waals surface area contributed by atoms with E-state index in [1.807, 2.05) is 0 Å². The van der Waals surface area contributed by atoms with E-state index in [4.69, 9.17) is 16.3 Å². The number of ether oxygens (including phenoxy) is 1. The minimum absolute atomic E-state index is 0.0607. The number of benzene rings is 2. The number of imide groups is 1.